The van der Waals surface area contributed by atoms with Crippen molar-refractivity contribution in [3.05, 3.63) is 64.6 Å². The molecule has 5 nitrogen and oxygen atoms in total. The van der Waals surface area contributed by atoms with E-state index in [2.05, 4.69) is 15.9 Å². The largest absolute Gasteiger partial charge is 0.494 e. The Bertz CT molecular complexity index is 774. The first-order chi connectivity index (χ1) is 13.1. The van der Waals surface area contributed by atoms with Gasteiger partial charge in [0.2, 0.25) is 5.91 Å². The van der Waals surface area contributed by atoms with Gasteiger partial charge >= 0.3 is 0 Å². The fraction of sp³-hybridized carbons (Fsp3) is 0.333. The van der Waals surface area contributed by atoms with Gasteiger partial charge < -0.3 is 14.5 Å². The highest BCUT2D eigenvalue weighted by molar-refractivity contribution is 9.10. The SMILES string of the molecule is O=C(CCCOc1ccccc1)N1CCN(C(=O)c2ccccc2Br)CC1. The molecule has 0 bridgehead atoms. The van der Waals surface area contributed by atoms with Gasteiger partial charge in [-0.3, -0.25) is 9.59 Å². The van der Waals surface area contributed by atoms with E-state index < -0.39 is 0 Å². The second kappa shape index (κ2) is 9.55. The van der Waals surface area contributed by atoms with Crippen LogP contribution < -0.4 is 4.74 Å². The highest BCUT2D eigenvalue weighted by Crippen LogP contribution is 2.19. The van der Waals surface area contributed by atoms with Crippen LogP contribution in [-0.2, 0) is 4.79 Å². The zero-order chi connectivity index (χ0) is 19.1. The molecule has 142 valence electrons. The number of benzene rings is 2. The summed E-state index contributed by atoms with van der Waals surface area (Å²) in [5.74, 6) is 0.953. The zero-order valence-electron chi connectivity index (χ0n) is 15.1. The van der Waals surface area contributed by atoms with Crippen LogP contribution >= 0.6 is 15.9 Å². The van der Waals surface area contributed by atoms with E-state index in [0.29, 0.717) is 51.2 Å². The van der Waals surface area contributed by atoms with Crippen molar-refractivity contribution in [2.45, 2.75) is 12.8 Å². The summed E-state index contributed by atoms with van der Waals surface area (Å²) in [5.41, 5.74) is 0.662. The summed E-state index contributed by atoms with van der Waals surface area (Å²) in [7, 11) is 0. The topological polar surface area (TPSA) is 49.9 Å². The molecular formula is C21H23BrN2O3. The van der Waals surface area contributed by atoms with E-state index in [9.17, 15) is 9.59 Å². The first-order valence-corrected chi connectivity index (χ1v) is 9.94. The summed E-state index contributed by atoms with van der Waals surface area (Å²) in [5, 5.41) is 0. The van der Waals surface area contributed by atoms with E-state index in [1.165, 1.54) is 0 Å². The molecule has 0 saturated carbocycles. The number of hydrogen-bond donors (Lipinski definition) is 0. The summed E-state index contributed by atoms with van der Waals surface area (Å²) >= 11 is 3.43. The second-order valence-electron chi connectivity index (χ2n) is 6.42. The van der Waals surface area contributed by atoms with Crippen LogP contribution in [0.3, 0.4) is 0 Å². The molecule has 0 N–H and O–H groups in total. The molecule has 0 atom stereocenters. The van der Waals surface area contributed by atoms with Gasteiger partial charge in [0.05, 0.1) is 12.2 Å². The van der Waals surface area contributed by atoms with Gasteiger partial charge in [0.15, 0.2) is 0 Å². The number of carbonyl (C=O) groups excluding carboxylic acids is 2. The van der Waals surface area contributed by atoms with E-state index >= 15 is 0 Å². The maximum absolute atomic E-state index is 12.6. The van der Waals surface area contributed by atoms with Gasteiger partial charge in [0.1, 0.15) is 5.75 Å². The van der Waals surface area contributed by atoms with Crippen LogP contribution in [0.15, 0.2) is 59.1 Å². The average Bonchev–Trinajstić information content (AvgIpc) is 2.72. The van der Waals surface area contributed by atoms with Crippen molar-refractivity contribution in [3.8, 4) is 5.75 Å². The number of halogens is 1. The third-order valence-electron chi connectivity index (χ3n) is 4.57. The third-order valence-corrected chi connectivity index (χ3v) is 5.26. The van der Waals surface area contributed by atoms with Crippen LogP contribution in [-0.4, -0.2) is 54.4 Å². The number of ether oxygens (including phenoxy) is 1. The third kappa shape index (κ3) is 5.32. The highest BCUT2D eigenvalue weighted by Gasteiger charge is 2.25. The molecule has 0 unspecified atom stereocenters. The van der Waals surface area contributed by atoms with E-state index in [0.717, 1.165) is 10.2 Å². The second-order valence-corrected chi connectivity index (χ2v) is 7.27. The average molecular weight is 431 g/mol. The first kappa shape index (κ1) is 19.4. The van der Waals surface area contributed by atoms with Gasteiger partial charge in [-0.25, -0.2) is 0 Å². The number of carbonyl (C=O) groups is 2. The molecule has 1 heterocycles. The van der Waals surface area contributed by atoms with Crippen LogP contribution in [0, 0.1) is 0 Å². The molecule has 2 aromatic rings. The quantitative estimate of drug-likeness (QED) is 0.657. The lowest BCUT2D eigenvalue weighted by molar-refractivity contribution is -0.132. The standard InChI is InChI=1S/C21H23BrN2O3/c22-19-10-5-4-9-18(19)21(26)24-14-12-23(13-15-24)20(25)11-6-16-27-17-7-2-1-3-8-17/h1-5,7-10H,6,11-16H2. The Morgan fingerprint density at radius 3 is 2.22 bits per heavy atom. The minimum Gasteiger partial charge on any atom is -0.494 e. The number of hydrogen-bond acceptors (Lipinski definition) is 3. The van der Waals surface area contributed by atoms with Crippen LogP contribution in [0.4, 0.5) is 0 Å². The number of piperazine rings is 1. The van der Waals surface area contributed by atoms with Crippen molar-refractivity contribution in [1.29, 1.82) is 0 Å². The smallest absolute Gasteiger partial charge is 0.255 e. The number of rotatable bonds is 6. The summed E-state index contributed by atoms with van der Waals surface area (Å²) in [4.78, 5) is 28.6. The maximum atomic E-state index is 12.6. The zero-order valence-corrected chi connectivity index (χ0v) is 16.7. The minimum atomic E-state index is 0.00540. The minimum absolute atomic E-state index is 0.00540. The Hall–Kier alpha value is -2.34. The Morgan fingerprint density at radius 2 is 1.52 bits per heavy atom. The van der Waals surface area contributed by atoms with Crippen molar-refractivity contribution in [2.24, 2.45) is 0 Å². The summed E-state index contributed by atoms with van der Waals surface area (Å²) < 4.78 is 6.42. The molecule has 1 aliphatic heterocycles. The number of nitrogens with zero attached hydrogens (tertiary/aromatic N) is 2. The Balaban J connectivity index is 1.40. The molecule has 1 saturated heterocycles. The van der Waals surface area contributed by atoms with E-state index in [4.69, 9.17) is 4.74 Å². The van der Waals surface area contributed by atoms with Gasteiger partial charge in [-0.05, 0) is 46.6 Å². The van der Waals surface area contributed by atoms with Crippen molar-refractivity contribution in [3.63, 3.8) is 0 Å². The Labute approximate surface area is 168 Å². The maximum Gasteiger partial charge on any atom is 0.255 e. The van der Waals surface area contributed by atoms with E-state index in [1.807, 2.05) is 64.4 Å². The fourth-order valence-electron chi connectivity index (χ4n) is 3.05. The van der Waals surface area contributed by atoms with E-state index in [1.54, 1.807) is 0 Å². The molecule has 0 spiro atoms. The van der Waals surface area contributed by atoms with Crippen molar-refractivity contribution in [1.82, 2.24) is 9.80 Å². The molecule has 0 aliphatic carbocycles. The van der Waals surface area contributed by atoms with Crippen LogP contribution in [0.1, 0.15) is 23.2 Å². The molecule has 3 rings (SSSR count). The van der Waals surface area contributed by atoms with Crippen LogP contribution in [0.25, 0.3) is 0 Å². The summed E-state index contributed by atoms with van der Waals surface area (Å²) in [6, 6.07) is 17.0. The first-order valence-electron chi connectivity index (χ1n) is 9.14. The number of amides is 2. The predicted octanol–water partition coefficient (Wildman–Crippen LogP) is 3.59. The monoisotopic (exact) mass is 430 g/mol. The molecule has 1 fully saturated rings. The lowest BCUT2D eigenvalue weighted by Crippen LogP contribution is -2.50. The lowest BCUT2D eigenvalue weighted by atomic mass is 10.1. The van der Waals surface area contributed by atoms with Crippen LogP contribution in [0.2, 0.25) is 0 Å². The van der Waals surface area contributed by atoms with Gasteiger partial charge in [0.25, 0.3) is 5.91 Å². The van der Waals surface area contributed by atoms with Gasteiger partial charge in [-0.15, -0.1) is 0 Å². The summed E-state index contributed by atoms with van der Waals surface area (Å²) in [6.45, 7) is 2.80. The van der Waals surface area contributed by atoms with Gasteiger partial charge in [0, 0.05) is 37.1 Å². The Kier molecular flexibility index (Phi) is 6.87. The molecule has 0 radical (unpaired) electrons. The summed E-state index contributed by atoms with van der Waals surface area (Å²) in [6.07, 6.45) is 1.15. The Morgan fingerprint density at radius 1 is 0.889 bits per heavy atom. The molecular weight excluding hydrogens is 408 g/mol. The fourth-order valence-corrected chi connectivity index (χ4v) is 3.51. The molecule has 2 amide bonds. The lowest BCUT2D eigenvalue weighted by Gasteiger charge is -2.35. The molecule has 2 aromatic carbocycles. The van der Waals surface area contributed by atoms with Crippen molar-refractivity contribution < 1.29 is 14.3 Å². The number of para-hydroxylation sites is 1. The van der Waals surface area contributed by atoms with Gasteiger partial charge in [-0.2, -0.15) is 0 Å². The molecule has 27 heavy (non-hydrogen) atoms. The van der Waals surface area contributed by atoms with Gasteiger partial charge in [-0.1, -0.05) is 30.3 Å². The van der Waals surface area contributed by atoms with E-state index in [-0.39, 0.29) is 11.8 Å². The highest BCUT2D eigenvalue weighted by atomic mass is 79.9. The normalized spacial score (nSPS) is 14.1. The molecule has 0 aromatic heterocycles. The van der Waals surface area contributed by atoms with Crippen molar-refractivity contribution in [2.75, 3.05) is 32.8 Å². The molecule has 6 heteroatoms. The predicted molar refractivity (Wildman–Crippen MR) is 108 cm³/mol. The van der Waals surface area contributed by atoms with Crippen molar-refractivity contribution >= 4 is 27.7 Å². The van der Waals surface area contributed by atoms with Crippen LogP contribution in [0.5, 0.6) is 5.75 Å². The molecule has 1 aliphatic rings.